The highest BCUT2D eigenvalue weighted by atomic mass is 19.4. The van der Waals surface area contributed by atoms with Crippen LogP contribution in [0, 0.1) is 56.4 Å². The number of likely N-dealkylation sites (tertiary alicyclic amines) is 1. The second kappa shape index (κ2) is 22.9. The van der Waals surface area contributed by atoms with Gasteiger partial charge in [0.25, 0.3) is 0 Å². The van der Waals surface area contributed by atoms with Gasteiger partial charge in [-0.05, 0) is 128 Å². The first-order valence-corrected chi connectivity index (χ1v) is 31.9. The number of fused-ring (bicyclic) bond motifs is 5. The first kappa shape index (κ1) is 61.4. The molecule has 16 nitrogen and oxygen atoms in total. The maximum absolute atomic E-state index is 18.2. The Labute approximate surface area is 520 Å². The van der Waals surface area contributed by atoms with E-state index in [1.54, 1.807) is 18.5 Å². The Balaban J connectivity index is 0.877. The van der Waals surface area contributed by atoms with Crippen LogP contribution in [0.4, 0.5) is 51.1 Å². The summed E-state index contributed by atoms with van der Waals surface area (Å²) in [6.07, 6.45) is -2.40. The molecule has 6 aliphatic rings. The Morgan fingerprint density at radius 1 is 0.670 bits per heavy atom. The minimum Gasteiger partial charge on any atom is -0.463 e. The predicted molar refractivity (Wildman–Crippen MR) is 331 cm³/mol. The van der Waals surface area contributed by atoms with Crippen LogP contribution in [0.25, 0.3) is 65.9 Å². The van der Waals surface area contributed by atoms with E-state index in [4.69, 9.17) is 29.5 Å². The van der Waals surface area contributed by atoms with Crippen LogP contribution < -0.4 is 29.9 Å². The van der Waals surface area contributed by atoms with Crippen molar-refractivity contribution in [3.63, 3.8) is 0 Å². The summed E-state index contributed by atoms with van der Waals surface area (Å²) in [4.78, 5) is 26.8. The van der Waals surface area contributed by atoms with E-state index in [1.807, 2.05) is 60.3 Å². The lowest BCUT2D eigenvalue weighted by Crippen LogP contribution is -2.55. The monoisotopic (exact) mass is 1270 g/mol. The van der Waals surface area contributed by atoms with Gasteiger partial charge in [0.15, 0.2) is 11.6 Å². The number of aromatic amines is 1. The summed E-state index contributed by atoms with van der Waals surface area (Å²) in [7, 11) is 0. The molecule has 4 aromatic carbocycles. The van der Waals surface area contributed by atoms with E-state index in [0.717, 1.165) is 30.9 Å². The number of aromatic nitrogens is 8. The van der Waals surface area contributed by atoms with Crippen LogP contribution in [0.5, 0.6) is 12.0 Å². The molecule has 3 N–H and O–H groups in total. The number of hydrogen-bond donors (Lipinski definition) is 3. The number of H-pyrrole nitrogens is 1. The Morgan fingerprint density at radius 3 is 1.88 bits per heavy atom. The van der Waals surface area contributed by atoms with Crippen molar-refractivity contribution in [2.24, 2.45) is 5.41 Å². The normalized spacial score (nSPS) is 26.6. The van der Waals surface area contributed by atoms with E-state index >= 15 is 35.1 Å². The van der Waals surface area contributed by atoms with Crippen LogP contribution in [0.3, 0.4) is 0 Å². The summed E-state index contributed by atoms with van der Waals surface area (Å²) in [5.41, 5.74) is -2.81. The highest BCUT2D eigenvalue weighted by Gasteiger charge is 2.59. The number of alkyl halides is 5. The van der Waals surface area contributed by atoms with E-state index in [9.17, 15) is 4.39 Å². The van der Waals surface area contributed by atoms with Gasteiger partial charge in [0, 0.05) is 127 Å². The number of ether oxygens (including phenoxy) is 2. The molecule has 9 heterocycles. The highest BCUT2D eigenvalue weighted by molar-refractivity contribution is 6.04. The lowest BCUT2D eigenvalue weighted by molar-refractivity contribution is -0.137. The third kappa shape index (κ3) is 10.6. The number of nitrogens with zero attached hydrogens (tertiary/aromatic N) is 11. The quantitative estimate of drug-likeness (QED) is 0.0834. The largest absolute Gasteiger partial charge is 0.463 e. The molecule has 5 saturated heterocycles. The standard InChI is InChI=1S/C66H75F9N14O2/c1-9-40-27-86(23-34(5)77-40)60-42-18-45(69)53(50-36(7)32(3)16-47-51(50)37(8)83-84-47)56(71)58(42)79-62(81-60)90-30-64(29-85-15-12-38(67)25-85)21-49(64)89-48-17-33(4)55(66(73,74)75)52(44(48)22-76-89)54-46(70)19-43-59(57(54)72)80-63(82-61(43)87-24-35(6)78-41(10-2)28-87)91-31-65-13-11-14-88(65)26-39(68)20-65/h16-19,22,34-35,38-41,49,77-78H,9-15,20-21,23-31H2,1-8H3,(H,83,84)/t34-,35-,38-,39-,40-,41-,49?,64?,65+/m1/s1. The van der Waals surface area contributed by atoms with Crippen LogP contribution in [-0.4, -0.2) is 164 Å². The van der Waals surface area contributed by atoms with Gasteiger partial charge in [-0.2, -0.15) is 43.3 Å². The van der Waals surface area contributed by atoms with Gasteiger partial charge in [-0.25, -0.2) is 26.3 Å². The van der Waals surface area contributed by atoms with Gasteiger partial charge in [0.05, 0.1) is 45.5 Å². The van der Waals surface area contributed by atoms with Crippen molar-refractivity contribution in [1.82, 2.24) is 60.3 Å². The third-order valence-electron chi connectivity index (χ3n) is 20.5. The molecule has 0 amide bonds. The molecule has 0 bridgehead atoms. The summed E-state index contributed by atoms with van der Waals surface area (Å²) in [6.45, 7) is 17.8. The SMILES string of the molecule is CC[C@@H]1CN(c2nc(OC[C@@]34CCCN3C[C@H](F)C4)nc3c(F)c(-c4c(C(F)(F)F)c(C)cc5c4cnn5C4CC4(COc4nc(N5C[C@@H](CC)N[C@H](C)C5)c5cc(F)c(-c6c(C)c(C)cc7n[nH]c(C)c67)c(F)c5n4)CN4CC[C@@H](F)C4)c(F)cc23)C[C@@H](C)N1. The minimum absolute atomic E-state index is 0.0107. The van der Waals surface area contributed by atoms with Gasteiger partial charge in [-0.1, -0.05) is 13.8 Å². The summed E-state index contributed by atoms with van der Waals surface area (Å²) in [6, 6.07) is 4.17. The zero-order chi connectivity index (χ0) is 63.9. The van der Waals surface area contributed by atoms with Crippen LogP contribution >= 0.6 is 0 Å². The summed E-state index contributed by atoms with van der Waals surface area (Å²) in [5.74, 6) is -3.98. The summed E-state index contributed by atoms with van der Waals surface area (Å²) >= 11 is 0. The number of anilines is 2. The van der Waals surface area contributed by atoms with Crippen LogP contribution in [0.15, 0.2) is 30.5 Å². The fourth-order valence-electron chi connectivity index (χ4n) is 15.9. The molecule has 14 rings (SSSR count). The van der Waals surface area contributed by atoms with Crippen molar-refractivity contribution in [3.8, 4) is 34.3 Å². The van der Waals surface area contributed by atoms with Crippen molar-refractivity contribution in [3.05, 3.63) is 81.7 Å². The molecule has 8 aromatic rings. The second-order valence-electron chi connectivity index (χ2n) is 27.0. The maximum Gasteiger partial charge on any atom is 0.417 e. The van der Waals surface area contributed by atoms with E-state index in [-0.39, 0.29) is 132 Å². The molecule has 5 aliphatic heterocycles. The van der Waals surface area contributed by atoms with Gasteiger partial charge in [0.2, 0.25) is 0 Å². The predicted octanol–water partition coefficient (Wildman–Crippen LogP) is 12.1. The molecule has 0 spiro atoms. The fourth-order valence-corrected chi connectivity index (χ4v) is 15.9. The zero-order valence-corrected chi connectivity index (χ0v) is 52.3. The summed E-state index contributed by atoms with van der Waals surface area (Å²) in [5, 5.41) is 19.7. The maximum atomic E-state index is 18.2. The van der Waals surface area contributed by atoms with Crippen molar-refractivity contribution in [2.75, 3.05) is 81.9 Å². The molecule has 484 valence electrons. The van der Waals surface area contributed by atoms with Gasteiger partial charge < -0.3 is 29.9 Å². The molecular weight excluding hydrogens is 1190 g/mol. The van der Waals surface area contributed by atoms with Crippen LogP contribution in [0.1, 0.15) is 107 Å². The first-order chi connectivity index (χ1) is 43.4. The van der Waals surface area contributed by atoms with E-state index < -0.39 is 81.0 Å². The number of rotatable bonds is 15. The van der Waals surface area contributed by atoms with Crippen molar-refractivity contribution in [2.45, 2.75) is 155 Å². The Bertz CT molecular complexity index is 4200. The molecule has 1 aliphatic carbocycles. The second-order valence-corrected chi connectivity index (χ2v) is 27.0. The molecule has 91 heavy (non-hydrogen) atoms. The topological polar surface area (TPSA) is 154 Å². The van der Waals surface area contributed by atoms with Gasteiger partial charge >= 0.3 is 18.2 Å². The van der Waals surface area contributed by atoms with Gasteiger partial charge in [0.1, 0.15) is 59.9 Å². The third-order valence-corrected chi connectivity index (χ3v) is 20.5. The number of nitrogens with one attached hydrogen (secondary N) is 3. The number of hydrogen-bond acceptors (Lipinski definition) is 14. The van der Waals surface area contributed by atoms with Gasteiger partial charge in [-0.15, -0.1) is 0 Å². The van der Waals surface area contributed by atoms with Crippen molar-refractivity contribution in [1.29, 1.82) is 0 Å². The molecule has 6 fully saturated rings. The average Bonchev–Trinajstić information content (AvgIpc) is 1.65. The number of piperazine rings is 2. The highest BCUT2D eigenvalue weighted by Crippen LogP contribution is 2.59. The van der Waals surface area contributed by atoms with Crippen LogP contribution in [-0.2, 0) is 6.18 Å². The number of halogens is 9. The van der Waals surface area contributed by atoms with E-state index in [2.05, 4.69) is 25.8 Å². The van der Waals surface area contributed by atoms with E-state index in [1.165, 1.54) is 25.3 Å². The molecule has 4 aromatic heterocycles. The summed E-state index contributed by atoms with van der Waals surface area (Å²) < 4.78 is 163. The zero-order valence-electron chi connectivity index (χ0n) is 52.3. The first-order valence-electron chi connectivity index (χ1n) is 31.9. The van der Waals surface area contributed by atoms with Gasteiger partial charge in [-0.3, -0.25) is 19.6 Å². The fraction of sp³-hybridized carbons (Fsp3) is 0.545. The minimum atomic E-state index is -5.13. The smallest absolute Gasteiger partial charge is 0.417 e. The van der Waals surface area contributed by atoms with E-state index in [0.29, 0.717) is 79.8 Å². The molecule has 1 saturated carbocycles. The van der Waals surface area contributed by atoms with Crippen molar-refractivity contribution < 1.29 is 49.0 Å². The average molecular weight is 1270 g/mol. The molecule has 0 radical (unpaired) electrons. The lowest BCUT2D eigenvalue weighted by atomic mass is 9.90. The Kier molecular flexibility index (Phi) is 15.4. The Morgan fingerprint density at radius 2 is 1.29 bits per heavy atom. The lowest BCUT2D eigenvalue weighted by Gasteiger charge is -2.38. The number of aryl methyl sites for hydroxylation is 3. The van der Waals surface area contributed by atoms with Crippen molar-refractivity contribution >= 4 is 55.2 Å². The number of benzene rings is 4. The Hall–Kier alpha value is -7.09. The molecule has 25 heteroatoms. The molecule has 2 unspecified atom stereocenters. The molecule has 9 atom stereocenters. The van der Waals surface area contributed by atoms with Crippen LogP contribution in [0.2, 0.25) is 0 Å². The molecular formula is C66H75F9N14O2.